The lowest BCUT2D eigenvalue weighted by atomic mass is 9.90. The minimum Gasteiger partial charge on any atom is -0.313 e. The summed E-state index contributed by atoms with van der Waals surface area (Å²) in [6.45, 7) is 11.0. The molecule has 2 rings (SSSR count). The Morgan fingerprint density at radius 1 is 1.25 bits per heavy atom. The van der Waals surface area contributed by atoms with E-state index in [9.17, 15) is 0 Å². The zero-order chi connectivity index (χ0) is 11.5. The Balaban J connectivity index is 1.80. The SMILES string of the molecule is CCC1CCNC(CN2CC(C)CC2C)C1. The lowest BCUT2D eigenvalue weighted by Gasteiger charge is -2.34. The number of nitrogens with one attached hydrogen (secondary N) is 1. The van der Waals surface area contributed by atoms with Crippen molar-refractivity contribution in [2.45, 2.75) is 58.5 Å². The molecule has 0 radical (unpaired) electrons. The normalized spacial score (nSPS) is 41.4. The third-order valence-electron chi connectivity index (χ3n) is 4.55. The smallest absolute Gasteiger partial charge is 0.0197 e. The third-order valence-corrected chi connectivity index (χ3v) is 4.55. The summed E-state index contributed by atoms with van der Waals surface area (Å²) in [4.78, 5) is 2.69. The zero-order valence-electron chi connectivity index (χ0n) is 11.2. The van der Waals surface area contributed by atoms with Crippen LogP contribution in [0, 0.1) is 11.8 Å². The summed E-state index contributed by atoms with van der Waals surface area (Å²) < 4.78 is 0. The Labute approximate surface area is 101 Å². The number of likely N-dealkylation sites (tertiary alicyclic amines) is 1. The highest BCUT2D eigenvalue weighted by molar-refractivity contribution is 4.86. The van der Waals surface area contributed by atoms with Gasteiger partial charge < -0.3 is 5.32 Å². The van der Waals surface area contributed by atoms with Gasteiger partial charge in [0, 0.05) is 25.2 Å². The van der Waals surface area contributed by atoms with Gasteiger partial charge >= 0.3 is 0 Å². The topological polar surface area (TPSA) is 15.3 Å². The van der Waals surface area contributed by atoms with Gasteiger partial charge in [0.15, 0.2) is 0 Å². The molecular weight excluding hydrogens is 196 g/mol. The predicted octanol–water partition coefficient (Wildman–Crippen LogP) is 2.49. The first-order valence-electron chi connectivity index (χ1n) is 7.16. The Bertz CT molecular complexity index is 217. The molecule has 0 aromatic carbocycles. The van der Waals surface area contributed by atoms with Gasteiger partial charge in [-0.25, -0.2) is 0 Å². The van der Waals surface area contributed by atoms with E-state index in [0.29, 0.717) is 0 Å². The number of nitrogens with zero attached hydrogens (tertiary/aromatic N) is 1. The first-order valence-corrected chi connectivity index (χ1v) is 7.16. The van der Waals surface area contributed by atoms with Crippen molar-refractivity contribution in [2.24, 2.45) is 11.8 Å². The molecule has 0 aliphatic carbocycles. The van der Waals surface area contributed by atoms with E-state index in [1.165, 1.54) is 45.3 Å². The van der Waals surface area contributed by atoms with E-state index in [0.717, 1.165) is 23.9 Å². The highest BCUT2D eigenvalue weighted by Gasteiger charge is 2.29. The molecule has 0 spiro atoms. The fourth-order valence-electron chi connectivity index (χ4n) is 3.53. The Hall–Kier alpha value is -0.0800. The quantitative estimate of drug-likeness (QED) is 0.792. The number of hydrogen-bond donors (Lipinski definition) is 1. The van der Waals surface area contributed by atoms with Gasteiger partial charge in [-0.05, 0) is 44.6 Å². The van der Waals surface area contributed by atoms with Gasteiger partial charge in [0.25, 0.3) is 0 Å². The van der Waals surface area contributed by atoms with Gasteiger partial charge in [-0.3, -0.25) is 4.90 Å². The van der Waals surface area contributed by atoms with Gasteiger partial charge in [0.1, 0.15) is 0 Å². The first-order chi connectivity index (χ1) is 7.69. The van der Waals surface area contributed by atoms with E-state index in [1.54, 1.807) is 0 Å². The summed E-state index contributed by atoms with van der Waals surface area (Å²) in [5, 5.41) is 3.70. The maximum atomic E-state index is 3.70. The molecule has 1 N–H and O–H groups in total. The van der Waals surface area contributed by atoms with Crippen molar-refractivity contribution in [3.05, 3.63) is 0 Å². The molecule has 2 heteroatoms. The average Bonchev–Trinajstić information content (AvgIpc) is 2.58. The van der Waals surface area contributed by atoms with Crippen LogP contribution in [0.3, 0.4) is 0 Å². The summed E-state index contributed by atoms with van der Waals surface area (Å²) in [5.74, 6) is 1.88. The largest absolute Gasteiger partial charge is 0.313 e. The zero-order valence-corrected chi connectivity index (χ0v) is 11.2. The number of hydrogen-bond acceptors (Lipinski definition) is 2. The molecule has 2 aliphatic rings. The monoisotopic (exact) mass is 224 g/mol. The lowest BCUT2D eigenvalue weighted by molar-refractivity contribution is 0.193. The molecular formula is C14H28N2. The van der Waals surface area contributed by atoms with Gasteiger partial charge in [0.2, 0.25) is 0 Å². The van der Waals surface area contributed by atoms with Crippen molar-refractivity contribution >= 4 is 0 Å². The summed E-state index contributed by atoms with van der Waals surface area (Å²) in [6.07, 6.45) is 5.54. The van der Waals surface area contributed by atoms with Crippen LogP contribution in [0.2, 0.25) is 0 Å². The van der Waals surface area contributed by atoms with E-state index in [2.05, 4.69) is 31.0 Å². The van der Waals surface area contributed by atoms with Crippen LogP contribution >= 0.6 is 0 Å². The number of piperidine rings is 1. The molecule has 4 unspecified atom stereocenters. The van der Waals surface area contributed by atoms with Crippen LogP contribution in [-0.4, -0.2) is 36.6 Å². The lowest BCUT2D eigenvalue weighted by Crippen LogP contribution is -2.46. The van der Waals surface area contributed by atoms with E-state index in [-0.39, 0.29) is 0 Å². The minimum absolute atomic E-state index is 0.756. The maximum absolute atomic E-state index is 3.70. The Morgan fingerprint density at radius 3 is 2.69 bits per heavy atom. The Morgan fingerprint density at radius 2 is 2.06 bits per heavy atom. The fraction of sp³-hybridized carbons (Fsp3) is 1.00. The first kappa shape index (κ1) is 12.4. The molecule has 0 saturated carbocycles. The molecule has 0 aromatic rings. The van der Waals surface area contributed by atoms with Crippen LogP contribution < -0.4 is 5.32 Å². The van der Waals surface area contributed by atoms with Gasteiger partial charge in [0.05, 0.1) is 0 Å². The molecule has 0 aromatic heterocycles. The summed E-state index contributed by atoms with van der Waals surface area (Å²) in [5.41, 5.74) is 0. The molecule has 2 nitrogen and oxygen atoms in total. The van der Waals surface area contributed by atoms with E-state index >= 15 is 0 Å². The van der Waals surface area contributed by atoms with Crippen molar-refractivity contribution in [3.63, 3.8) is 0 Å². The maximum Gasteiger partial charge on any atom is 0.0197 e. The van der Waals surface area contributed by atoms with Crippen molar-refractivity contribution < 1.29 is 0 Å². The van der Waals surface area contributed by atoms with Crippen LogP contribution in [0.25, 0.3) is 0 Å². The fourth-order valence-corrected chi connectivity index (χ4v) is 3.53. The van der Waals surface area contributed by atoms with Crippen molar-refractivity contribution in [1.82, 2.24) is 10.2 Å². The molecule has 2 heterocycles. The molecule has 0 amide bonds. The Kier molecular flexibility index (Phi) is 4.26. The molecule has 4 atom stereocenters. The highest BCUT2D eigenvalue weighted by Crippen LogP contribution is 2.25. The van der Waals surface area contributed by atoms with Gasteiger partial charge in [-0.2, -0.15) is 0 Å². The van der Waals surface area contributed by atoms with Crippen LogP contribution in [0.4, 0.5) is 0 Å². The van der Waals surface area contributed by atoms with Crippen LogP contribution in [0.5, 0.6) is 0 Å². The van der Waals surface area contributed by atoms with E-state index < -0.39 is 0 Å². The molecule has 16 heavy (non-hydrogen) atoms. The second kappa shape index (κ2) is 5.50. The predicted molar refractivity (Wildman–Crippen MR) is 69.6 cm³/mol. The molecule has 2 aliphatic heterocycles. The summed E-state index contributed by atoms with van der Waals surface area (Å²) >= 11 is 0. The van der Waals surface area contributed by atoms with Crippen LogP contribution in [-0.2, 0) is 0 Å². The van der Waals surface area contributed by atoms with Crippen molar-refractivity contribution in [3.8, 4) is 0 Å². The molecule has 2 saturated heterocycles. The molecule has 2 fully saturated rings. The molecule has 0 bridgehead atoms. The van der Waals surface area contributed by atoms with Crippen molar-refractivity contribution in [2.75, 3.05) is 19.6 Å². The van der Waals surface area contributed by atoms with Crippen molar-refractivity contribution in [1.29, 1.82) is 0 Å². The summed E-state index contributed by atoms with van der Waals surface area (Å²) in [7, 11) is 0. The standard InChI is InChI=1S/C14H28N2/c1-4-13-5-6-15-14(8-13)10-16-9-11(2)7-12(16)3/h11-15H,4-10H2,1-3H3. The van der Waals surface area contributed by atoms with E-state index in [4.69, 9.17) is 0 Å². The van der Waals surface area contributed by atoms with Crippen LogP contribution in [0.15, 0.2) is 0 Å². The molecule has 94 valence electrons. The van der Waals surface area contributed by atoms with Gasteiger partial charge in [-0.15, -0.1) is 0 Å². The summed E-state index contributed by atoms with van der Waals surface area (Å²) in [6, 6.07) is 1.56. The second-order valence-electron chi connectivity index (χ2n) is 6.09. The highest BCUT2D eigenvalue weighted by atomic mass is 15.2. The van der Waals surface area contributed by atoms with Gasteiger partial charge in [-0.1, -0.05) is 20.3 Å². The number of rotatable bonds is 3. The van der Waals surface area contributed by atoms with E-state index in [1.807, 2.05) is 0 Å². The average molecular weight is 224 g/mol. The minimum atomic E-state index is 0.756. The second-order valence-corrected chi connectivity index (χ2v) is 6.09. The van der Waals surface area contributed by atoms with Crippen LogP contribution in [0.1, 0.15) is 46.5 Å². The third kappa shape index (κ3) is 2.98.